The Labute approximate surface area is 130 Å². The summed E-state index contributed by atoms with van der Waals surface area (Å²) in [5.74, 6) is 0. The Morgan fingerprint density at radius 3 is 1.74 bits per heavy atom. The van der Waals surface area contributed by atoms with E-state index in [1.165, 1.54) is 0 Å². The third kappa shape index (κ3) is 3.65. The maximum absolute atomic E-state index is 9.94. The van der Waals surface area contributed by atoms with Gasteiger partial charge in [-0.15, -0.1) is 0 Å². The molecule has 2 heterocycles. The smallest absolute Gasteiger partial charge is 0.187 e. The molecule has 0 amide bonds. The van der Waals surface area contributed by atoms with Gasteiger partial charge >= 0.3 is 0 Å². The first-order valence-electron chi connectivity index (χ1n) is 7.08. The standard InChI is InChI=1S/C12H22O11/c13-1-3-6(16)8(18)10(11(20)21-3)23-12-9(19)7(17)5(15)4(2-14)22-12/h3-20H,1-2H2/t3-,4-,5+,6-,7+,8+,9-,10+,11?,12-/m1/s1. The van der Waals surface area contributed by atoms with Crippen LogP contribution < -0.4 is 0 Å². The molecule has 10 atom stereocenters. The predicted octanol–water partition coefficient (Wildman–Crippen LogP) is -5.40. The van der Waals surface area contributed by atoms with Gasteiger partial charge in [0.15, 0.2) is 12.6 Å². The fourth-order valence-corrected chi connectivity index (χ4v) is 2.55. The van der Waals surface area contributed by atoms with Crippen LogP contribution in [0.4, 0.5) is 0 Å². The van der Waals surface area contributed by atoms with Gasteiger partial charge < -0.3 is 55.1 Å². The van der Waals surface area contributed by atoms with E-state index < -0.39 is 74.6 Å². The minimum Gasteiger partial charge on any atom is -0.394 e. The molecule has 2 rings (SSSR count). The fraction of sp³-hybridized carbons (Fsp3) is 1.00. The van der Waals surface area contributed by atoms with Crippen LogP contribution in [0, 0.1) is 0 Å². The normalized spacial score (nSPS) is 51.7. The van der Waals surface area contributed by atoms with E-state index in [0.29, 0.717) is 0 Å². The topological polar surface area (TPSA) is 190 Å². The summed E-state index contributed by atoms with van der Waals surface area (Å²) in [6, 6.07) is 0. The predicted molar refractivity (Wildman–Crippen MR) is 68.6 cm³/mol. The third-order valence-electron chi connectivity index (χ3n) is 3.98. The molecule has 2 aliphatic rings. The van der Waals surface area contributed by atoms with Gasteiger partial charge in [-0.25, -0.2) is 0 Å². The van der Waals surface area contributed by atoms with Gasteiger partial charge in [-0.2, -0.15) is 0 Å². The molecule has 0 aliphatic carbocycles. The van der Waals surface area contributed by atoms with E-state index in [-0.39, 0.29) is 0 Å². The van der Waals surface area contributed by atoms with E-state index in [1.807, 2.05) is 0 Å². The number of rotatable bonds is 4. The lowest BCUT2D eigenvalue weighted by atomic mass is 9.97. The highest BCUT2D eigenvalue weighted by molar-refractivity contribution is 4.93. The quantitative estimate of drug-likeness (QED) is 0.243. The molecule has 2 fully saturated rings. The monoisotopic (exact) mass is 342 g/mol. The molecular weight excluding hydrogens is 320 g/mol. The van der Waals surface area contributed by atoms with Crippen LogP contribution in [0.2, 0.25) is 0 Å². The number of ether oxygens (including phenoxy) is 3. The van der Waals surface area contributed by atoms with Crippen molar-refractivity contribution >= 4 is 0 Å². The summed E-state index contributed by atoms with van der Waals surface area (Å²) in [5, 5.41) is 76.7. The molecule has 0 aromatic rings. The van der Waals surface area contributed by atoms with Gasteiger partial charge in [0.25, 0.3) is 0 Å². The van der Waals surface area contributed by atoms with Gasteiger partial charge in [0.2, 0.25) is 0 Å². The largest absolute Gasteiger partial charge is 0.394 e. The number of hydrogen-bond acceptors (Lipinski definition) is 11. The Balaban J connectivity index is 2.08. The molecule has 11 heteroatoms. The van der Waals surface area contributed by atoms with Gasteiger partial charge in [0, 0.05) is 0 Å². The van der Waals surface area contributed by atoms with Crippen molar-refractivity contribution in [2.24, 2.45) is 0 Å². The molecule has 1 unspecified atom stereocenters. The maximum Gasteiger partial charge on any atom is 0.187 e. The Hall–Kier alpha value is -0.440. The van der Waals surface area contributed by atoms with Crippen LogP contribution in [-0.2, 0) is 14.2 Å². The van der Waals surface area contributed by atoms with Crippen LogP contribution in [0.3, 0.4) is 0 Å². The Morgan fingerprint density at radius 1 is 0.652 bits per heavy atom. The Kier molecular flexibility index (Phi) is 6.27. The first-order valence-corrected chi connectivity index (χ1v) is 7.08. The van der Waals surface area contributed by atoms with Crippen LogP contribution in [0.1, 0.15) is 0 Å². The van der Waals surface area contributed by atoms with Crippen molar-refractivity contribution in [1.82, 2.24) is 0 Å². The highest BCUT2D eigenvalue weighted by Gasteiger charge is 2.50. The van der Waals surface area contributed by atoms with Crippen molar-refractivity contribution in [1.29, 1.82) is 0 Å². The van der Waals surface area contributed by atoms with Gasteiger partial charge in [0.05, 0.1) is 13.2 Å². The lowest BCUT2D eigenvalue weighted by Gasteiger charge is -2.44. The SMILES string of the molecule is OC[C@H]1O[C@H](O[C@@H]2C(O)O[C@H](CO)[C@@H](O)[C@@H]2O)[C@H](O)[C@@H](O)[C@H]1O. The Morgan fingerprint density at radius 2 is 1.17 bits per heavy atom. The number of aliphatic hydroxyl groups excluding tert-OH is 8. The minimum absolute atomic E-state index is 0.651. The Bertz CT molecular complexity index is 380. The molecule has 0 saturated carbocycles. The van der Waals surface area contributed by atoms with Crippen molar-refractivity contribution in [3.05, 3.63) is 0 Å². The molecular formula is C12H22O11. The van der Waals surface area contributed by atoms with Gasteiger partial charge in [-0.05, 0) is 0 Å². The molecule has 0 bridgehead atoms. The van der Waals surface area contributed by atoms with Crippen LogP contribution in [-0.4, -0.2) is 115 Å². The second-order valence-corrected chi connectivity index (χ2v) is 5.53. The minimum atomic E-state index is -1.75. The molecule has 8 N–H and O–H groups in total. The van der Waals surface area contributed by atoms with E-state index in [0.717, 1.165) is 0 Å². The zero-order valence-electron chi connectivity index (χ0n) is 12.0. The molecule has 23 heavy (non-hydrogen) atoms. The van der Waals surface area contributed by atoms with Crippen LogP contribution in [0.25, 0.3) is 0 Å². The molecule has 11 nitrogen and oxygen atoms in total. The zero-order valence-corrected chi connectivity index (χ0v) is 12.0. The summed E-state index contributed by atoms with van der Waals surface area (Å²) in [7, 11) is 0. The molecule has 0 aromatic heterocycles. The van der Waals surface area contributed by atoms with E-state index in [9.17, 15) is 30.6 Å². The van der Waals surface area contributed by atoms with Gasteiger partial charge in [-0.3, -0.25) is 0 Å². The van der Waals surface area contributed by atoms with E-state index >= 15 is 0 Å². The van der Waals surface area contributed by atoms with Crippen LogP contribution in [0.15, 0.2) is 0 Å². The van der Waals surface area contributed by atoms with Crippen LogP contribution in [0.5, 0.6) is 0 Å². The lowest BCUT2D eigenvalue weighted by Crippen LogP contribution is -2.64. The summed E-state index contributed by atoms with van der Waals surface area (Å²) in [4.78, 5) is 0. The summed E-state index contributed by atoms with van der Waals surface area (Å²) in [5.41, 5.74) is 0. The maximum atomic E-state index is 9.94. The lowest BCUT2D eigenvalue weighted by molar-refractivity contribution is -0.361. The summed E-state index contributed by atoms with van der Waals surface area (Å²) in [6.45, 7) is -1.33. The van der Waals surface area contributed by atoms with Gasteiger partial charge in [-0.1, -0.05) is 0 Å². The van der Waals surface area contributed by atoms with Crippen LogP contribution >= 0.6 is 0 Å². The first-order chi connectivity index (χ1) is 10.8. The van der Waals surface area contributed by atoms with Crippen molar-refractivity contribution in [2.45, 2.75) is 61.4 Å². The first kappa shape index (κ1) is 18.9. The average Bonchev–Trinajstić information content (AvgIpc) is 2.54. The summed E-state index contributed by atoms with van der Waals surface area (Å²) >= 11 is 0. The second-order valence-electron chi connectivity index (χ2n) is 5.53. The highest BCUT2D eigenvalue weighted by atomic mass is 16.7. The molecule has 0 spiro atoms. The second kappa shape index (κ2) is 7.63. The van der Waals surface area contributed by atoms with Crippen molar-refractivity contribution < 1.29 is 55.1 Å². The van der Waals surface area contributed by atoms with E-state index in [1.54, 1.807) is 0 Å². The van der Waals surface area contributed by atoms with Crippen molar-refractivity contribution in [3.8, 4) is 0 Å². The molecule has 2 aliphatic heterocycles. The molecule has 2 saturated heterocycles. The van der Waals surface area contributed by atoms with Crippen molar-refractivity contribution in [3.63, 3.8) is 0 Å². The summed E-state index contributed by atoms with van der Waals surface area (Å²) in [6.07, 6.45) is -15.6. The molecule has 0 radical (unpaired) electrons. The van der Waals surface area contributed by atoms with E-state index in [2.05, 4.69) is 0 Å². The van der Waals surface area contributed by atoms with Gasteiger partial charge in [0.1, 0.15) is 48.8 Å². The summed E-state index contributed by atoms with van der Waals surface area (Å²) < 4.78 is 15.1. The molecule has 136 valence electrons. The third-order valence-corrected chi connectivity index (χ3v) is 3.98. The highest BCUT2D eigenvalue weighted by Crippen LogP contribution is 2.28. The number of hydrogen-bond donors (Lipinski definition) is 8. The van der Waals surface area contributed by atoms with E-state index in [4.69, 9.17) is 24.4 Å². The number of aliphatic hydroxyl groups is 8. The molecule has 0 aromatic carbocycles. The average molecular weight is 342 g/mol. The fourth-order valence-electron chi connectivity index (χ4n) is 2.55. The van der Waals surface area contributed by atoms with Crippen molar-refractivity contribution in [2.75, 3.05) is 13.2 Å². The zero-order chi connectivity index (χ0) is 17.3.